The molecule has 3 aromatic rings. The van der Waals surface area contributed by atoms with E-state index in [9.17, 15) is 5.11 Å². The zero-order valence-corrected chi connectivity index (χ0v) is 15.5. The van der Waals surface area contributed by atoms with E-state index in [0.717, 1.165) is 36.5 Å². The van der Waals surface area contributed by atoms with Gasteiger partial charge in [0.25, 0.3) is 0 Å². The fourth-order valence-electron chi connectivity index (χ4n) is 3.63. The SMILES string of the molecule is C[C@@H](Nc1ncnn2ccc(CN3CCNC[C@@H](O)C3)c12)c1ccccc1. The van der Waals surface area contributed by atoms with Crippen molar-refractivity contribution in [1.29, 1.82) is 0 Å². The number of nitrogens with one attached hydrogen (secondary N) is 2. The van der Waals surface area contributed by atoms with E-state index in [1.54, 1.807) is 6.33 Å². The Bertz CT molecular complexity index is 881. The topological polar surface area (TPSA) is 77.7 Å². The van der Waals surface area contributed by atoms with Crippen molar-refractivity contribution in [2.45, 2.75) is 25.6 Å². The highest BCUT2D eigenvalue weighted by Gasteiger charge is 2.19. The molecule has 7 heteroatoms. The van der Waals surface area contributed by atoms with Gasteiger partial charge in [-0.3, -0.25) is 4.90 Å². The monoisotopic (exact) mass is 366 g/mol. The van der Waals surface area contributed by atoms with Crippen LogP contribution in [0.1, 0.15) is 24.1 Å². The molecule has 0 radical (unpaired) electrons. The van der Waals surface area contributed by atoms with Gasteiger partial charge < -0.3 is 15.7 Å². The van der Waals surface area contributed by atoms with Crippen molar-refractivity contribution in [3.8, 4) is 0 Å². The summed E-state index contributed by atoms with van der Waals surface area (Å²) < 4.78 is 1.87. The highest BCUT2D eigenvalue weighted by atomic mass is 16.3. The van der Waals surface area contributed by atoms with E-state index in [1.807, 2.05) is 28.9 Å². The van der Waals surface area contributed by atoms with Crippen LogP contribution in [0.3, 0.4) is 0 Å². The fraction of sp³-hybridized carbons (Fsp3) is 0.400. The minimum atomic E-state index is -0.340. The number of hydrogen-bond acceptors (Lipinski definition) is 6. The first-order chi connectivity index (χ1) is 13.2. The summed E-state index contributed by atoms with van der Waals surface area (Å²) in [6.07, 6.45) is 3.21. The Morgan fingerprint density at radius 3 is 3.00 bits per heavy atom. The lowest BCUT2D eigenvalue weighted by Gasteiger charge is -2.21. The smallest absolute Gasteiger partial charge is 0.154 e. The summed E-state index contributed by atoms with van der Waals surface area (Å²) in [5, 5.41) is 21.2. The predicted octanol–water partition coefficient (Wildman–Crippen LogP) is 1.67. The highest BCUT2D eigenvalue weighted by Crippen LogP contribution is 2.25. The van der Waals surface area contributed by atoms with E-state index in [2.05, 4.69) is 50.7 Å². The minimum absolute atomic E-state index is 0.136. The number of β-amino-alcohol motifs (C(OH)–C–C–N with tert-alkyl or cyclic N) is 1. The molecule has 1 saturated heterocycles. The van der Waals surface area contributed by atoms with Crippen molar-refractivity contribution in [3.05, 3.63) is 60.0 Å². The van der Waals surface area contributed by atoms with Crippen LogP contribution in [0, 0.1) is 0 Å². The molecule has 0 amide bonds. The number of rotatable bonds is 5. The zero-order chi connectivity index (χ0) is 18.6. The number of aliphatic hydroxyl groups excluding tert-OH is 1. The van der Waals surface area contributed by atoms with Gasteiger partial charge in [0.1, 0.15) is 11.8 Å². The molecule has 0 unspecified atom stereocenters. The molecular weight excluding hydrogens is 340 g/mol. The molecule has 2 aromatic heterocycles. The van der Waals surface area contributed by atoms with Crippen molar-refractivity contribution >= 4 is 11.3 Å². The van der Waals surface area contributed by atoms with Gasteiger partial charge >= 0.3 is 0 Å². The maximum atomic E-state index is 10.1. The third kappa shape index (κ3) is 4.10. The largest absolute Gasteiger partial charge is 0.390 e. The second-order valence-corrected chi connectivity index (χ2v) is 7.11. The lowest BCUT2D eigenvalue weighted by atomic mass is 10.1. The van der Waals surface area contributed by atoms with E-state index < -0.39 is 0 Å². The van der Waals surface area contributed by atoms with Crippen LogP contribution in [0.2, 0.25) is 0 Å². The van der Waals surface area contributed by atoms with E-state index in [0.29, 0.717) is 13.1 Å². The summed E-state index contributed by atoms with van der Waals surface area (Å²) >= 11 is 0. The Labute approximate surface area is 159 Å². The Balaban J connectivity index is 1.59. The van der Waals surface area contributed by atoms with Gasteiger partial charge in [-0.05, 0) is 24.1 Å². The molecule has 0 spiro atoms. The first-order valence-corrected chi connectivity index (χ1v) is 9.44. The maximum Gasteiger partial charge on any atom is 0.154 e. The molecule has 1 fully saturated rings. The van der Waals surface area contributed by atoms with Crippen LogP contribution in [0.4, 0.5) is 5.82 Å². The first-order valence-electron chi connectivity index (χ1n) is 9.44. The molecule has 142 valence electrons. The number of fused-ring (bicyclic) bond motifs is 1. The maximum absolute atomic E-state index is 10.1. The Hall–Kier alpha value is -2.48. The summed E-state index contributed by atoms with van der Waals surface area (Å²) in [4.78, 5) is 6.78. The molecule has 3 N–H and O–H groups in total. The third-order valence-electron chi connectivity index (χ3n) is 5.04. The quantitative estimate of drug-likeness (QED) is 0.638. The van der Waals surface area contributed by atoms with Gasteiger partial charge in [0, 0.05) is 38.9 Å². The first kappa shape index (κ1) is 17.9. The summed E-state index contributed by atoms with van der Waals surface area (Å²) in [6, 6.07) is 12.6. The van der Waals surface area contributed by atoms with Gasteiger partial charge in [-0.1, -0.05) is 30.3 Å². The van der Waals surface area contributed by atoms with Crippen molar-refractivity contribution in [1.82, 2.24) is 24.8 Å². The molecule has 3 heterocycles. The standard InChI is InChI=1S/C20H26N6O/c1-15(16-5-3-2-4-6-16)24-20-19-17(7-9-26(19)23-14-22-20)12-25-10-8-21-11-18(27)13-25/h2-7,9,14-15,18,21,27H,8,10-13H2,1H3,(H,22,23,24)/t15-,18-/m1/s1. The lowest BCUT2D eigenvalue weighted by molar-refractivity contribution is 0.127. The molecule has 1 aromatic carbocycles. The molecule has 1 aliphatic heterocycles. The van der Waals surface area contributed by atoms with Crippen molar-refractivity contribution in [3.63, 3.8) is 0 Å². The number of aromatic nitrogens is 3. The third-order valence-corrected chi connectivity index (χ3v) is 5.04. The Morgan fingerprint density at radius 2 is 2.15 bits per heavy atom. The van der Waals surface area contributed by atoms with Crippen LogP contribution >= 0.6 is 0 Å². The summed E-state index contributed by atoms with van der Waals surface area (Å²) in [5.74, 6) is 0.829. The molecule has 27 heavy (non-hydrogen) atoms. The molecule has 0 aliphatic carbocycles. The second-order valence-electron chi connectivity index (χ2n) is 7.11. The average molecular weight is 366 g/mol. The number of benzene rings is 1. The number of nitrogens with zero attached hydrogens (tertiary/aromatic N) is 4. The number of anilines is 1. The molecule has 2 atom stereocenters. The van der Waals surface area contributed by atoms with Gasteiger partial charge in [0.05, 0.1) is 12.1 Å². The summed E-state index contributed by atoms with van der Waals surface area (Å²) in [6.45, 7) is 6.00. The van der Waals surface area contributed by atoms with Gasteiger partial charge in [-0.2, -0.15) is 5.10 Å². The van der Waals surface area contributed by atoms with Crippen molar-refractivity contribution in [2.75, 3.05) is 31.5 Å². The number of hydrogen-bond donors (Lipinski definition) is 3. The Kier molecular flexibility index (Phi) is 5.33. The van der Waals surface area contributed by atoms with E-state index in [4.69, 9.17) is 0 Å². The van der Waals surface area contributed by atoms with Crippen LogP contribution in [0.5, 0.6) is 0 Å². The van der Waals surface area contributed by atoms with E-state index in [-0.39, 0.29) is 12.1 Å². The molecule has 4 rings (SSSR count). The normalized spacial score (nSPS) is 19.7. The summed E-state index contributed by atoms with van der Waals surface area (Å²) in [7, 11) is 0. The van der Waals surface area contributed by atoms with Crippen molar-refractivity contribution < 1.29 is 5.11 Å². The van der Waals surface area contributed by atoms with Crippen LogP contribution in [0.15, 0.2) is 48.9 Å². The summed E-state index contributed by atoms with van der Waals surface area (Å²) in [5.41, 5.74) is 3.36. The van der Waals surface area contributed by atoms with Gasteiger partial charge in [0.15, 0.2) is 5.82 Å². The fourth-order valence-corrected chi connectivity index (χ4v) is 3.63. The Morgan fingerprint density at radius 1 is 1.30 bits per heavy atom. The molecular formula is C20H26N6O. The van der Waals surface area contributed by atoms with Crippen LogP contribution in [0.25, 0.3) is 5.52 Å². The molecule has 0 saturated carbocycles. The number of aliphatic hydroxyl groups is 1. The zero-order valence-electron chi connectivity index (χ0n) is 15.5. The lowest BCUT2D eigenvalue weighted by Crippen LogP contribution is -2.32. The average Bonchev–Trinajstić information content (AvgIpc) is 2.98. The molecule has 0 bridgehead atoms. The highest BCUT2D eigenvalue weighted by molar-refractivity contribution is 5.72. The van der Waals surface area contributed by atoms with Crippen LogP contribution in [-0.2, 0) is 6.54 Å². The van der Waals surface area contributed by atoms with Gasteiger partial charge in [0.2, 0.25) is 0 Å². The van der Waals surface area contributed by atoms with Crippen LogP contribution < -0.4 is 10.6 Å². The molecule has 1 aliphatic rings. The second kappa shape index (κ2) is 8.04. The minimum Gasteiger partial charge on any atom is -0.390 e. The van der Waals surface area contributed by atoms with E-state index in [1.165, 1.54) is 5.56 Å². The van der Waals surface area contributed by atoms with Crippen LogP contribution in [-0.4, -0.2) is 56.9 Å². The molecule has 7 nitrogen and oxygen atoms in total. The van der Waals surface area contributed by atoms with Gasteiger partial charge in [-0.15, -0.1) is 0 Å². The van der Waals surface area contributed by atoms with Gasteiger partial charge in [-0.25, -0.2) is 9.50 Å². The van der Waals surface area contributed by atoms with E-state index >= 15 is 0 Å². The van der Waals surface area contributed by atoms with Crippen molar-refractivity contribution in [2.24, 2.45) is 0 Å². The predicted molar refractivity (Wildman–Crippen MR) is 106 cm³/mol.